The second-order valence-electron chi connectivity index (χ2n) is 5.59. The van der Waals surface area contributed by atoms with Gasteiger partial charge in [-0.2, -0.15) is 9.40 Å². The molecule has 1 aliphatic rings. The zero-order valence-corrected chi connectivity index (χ0v) is 14.0. The van der Waals surface area contributed by atoms with Gasteiger partial charge in [-0.3, -0.25) is 4.68 Å². The Morgan fingerprint density at radius 1 is 1.43 bits per heavy atom. The van der Waals surface area contributed by atoms with Gasteiger partial charge in [-0.25, -0.2) is 8.42 Å². The number of fused-ring (bicyclic) bond motifs is 1. The van der Waals surface area contributed by atoms with Crippen LogP contribution in [0, 0.1) is 0 Å². The molecule has 21 heavy (non-hydrogen) atoms. The Bertz CT molecular complexity index is 746. The molecule has 0 saturated carbocycles. The van der Waals surface area contributed by atoms with Crippen LogP contribution in [0.5, 0.6) is 0 Å². The van der Waals surface area contributed by atoms with E-state index in [2.05, 4.69) is 5.10 Å². The van der Waals surface area contributed by atoms with Crippen molar-refractivity contribution in [1.82, 2.24) is 14.1 Å². The van der Waals surface area contributed by atoms with Crippen molar-refractivity contribution in [3.8, 4) is 0 Å². The molecule has 0 saturated heterocycles. The van der Waals surface area contributed by atoms with Crippen molar-refractivity contribution in [3.05, 3.63) is 34.3 Å². The van der Waals surface area contributed by atoms with Crippen molar-refractivity contribution < 1.29 is 8.42 Å². The monoisotopic (exact) mass is 325 g/mol. The van der Waals surface area contributed by atoms with Crippen LogP contribution in [0.3, 0.4) is 0 Å². The van der Waals surface area contributed by atoms with E-state index in [1.165, 1.54) is 11.1 Å². The Morgan fingerprint density at radius 2 is 2.19 bits per heavy atom. The lowest BCUT2D eigenvalue weighted by Crippen LogP contribution is -2.38. The summed E-state index contributed by atoms with van der Waals surface area (Å²) in [6, 6.07) is 2.06. The summed E-state index contributed by atoms with van der Waals surface area (Å²) in [5, 5.41) is 6.18. The SMILES string of the molecule is CC(C)n1cc(S(=O)(=O)N2CCc3sccc3[C@H]2C)cn1. The molecule has 1 atom stereocenters. The van der Waals surface area contributed by atoms with Crippen LogP contribution in [0.25, 0.3) is 0 Å². The molecule has 2 aromatic rings. The Labute approximate surface area is 129 Å². The second kappa shape index (κ2) is 5.23. The maximum Gasteiger partial charge on any atom is 0.246 e. The van der Waals surface area contributed by atoms with Crippen molar-refractivity contribution in [3.63, 3.8) is 0 Å². The zero-order valence-electron chi connectivity index (χ0n) is 12.4. The highest BCUT2D eigenvalue weighted by Crippen LogP contribution is 2.36. The number of thiophene rings is 1. The highest BCUT2D eigenvalue weighted by molar-refractivity contribution is 7.89. The van der Waals surface area contributed by atoms with Gasteiger partial charge in [0.05, 0.1) is 6.20 Å². The van der Waals surface area contributed by atoms with E-state index in [0.29, 0.717) is 6.54 Å². The largest absolute Gasteiger partial charge is 0.269 e. The van der Waals surface area contributed by atoms with Gasteiger partial charge in [0.2, 0.25) is 10.0 Å². The molecule has 0 amide bonds. The topological polar surface area (TPSA) is 55.2 Å². The fraction of sp³-hybridized carbons (Fsp3) is 0.500. The third-order valence-corrected chi connectivity index (χ3v) is 6.85. The van der Waals surface area contributed by atoms with Gasteiger partial charge in [0.15, 0.2) is 0 Å². The van der Waals surface area contributed by atoms with Crippen LogP contribution in [-0.4, -0.2) is 29.0 Å². The van der Waals surface area contributed by atoms with E-state index in [4.69, 9.17) is 0 Å². The van der Waals surface area contributed by atoms with Crippen LogP contribution >= 0.6 is 11.3 Å². The summed E-state index contributed by atoms with van der Waals surface area (Å²) in [4.78, 5) is 1.58. The molecule has 7 heteroatoms. The highest BCUT2D eigenvalue weighted by atomic mass is 32.2. The number of hydrogen-bond acceptors (Lipinski definition) is 4. The quantitative estimate of drug-likeness (QED) is 0.872. The summed E-state index contributed by atoms with van der Waals surface area (Å²) in [6.45, 7) is 6.44. The molecule has 0 spiro atoms. The lowest BCUT2D eigenvalue weighted by atomic mass is 10.0. The molecule has 0 N–H and O–H groups in total. The molecule has 0 fully saturated rings. The van der Waals surface area contributed by atoms with Gasteiger partial charge >= 0.3 is 0 Å². The summed E-state index contributed by atoms with van der Waals surface area (Å²) in [5.74, 6) is 0. The van der Waals surface area contributed by atoms with Crippen LogP contribution in [-0.2, 0) is 16.4 Å². The smallest absolute Gasteiger partial charge is 0.246 e. The molecule has 5 nitrogen and oxygen atoms in total. The molecule has 0 unspecified atom stereocenters. The van der Waals surface area contributed by atoms with E-state index in [-0.39, 0.29) is 17.0 Å². The molecule has 3 rings (SSSR count). The minimum Gasteiger partial charge on any atom is -0.269 e. The Morgan fingerprint density at radius 3 is 2.86 bits per heavy atom. The number of hydrogen-bond donors (Lipinski definition) is 0. The van der Waals surface area contributed by atoms with Gasteiger partial charge in [-0.15, -0.1) is 11.3 Å². The third kappa shape index (κ3) is 2.43. The zero-order chi connectivity index (χ0) is 15.2. The fourth-order valence-corrected chi connectivity index (χ4v) is 5.20. The van der Waals surface area contributed by atoms with E-state index >= 15 is 0 Å². The minimum atomic E-state index is -3.49. The highest BCUT2D eigenvalue weighted by Gasteiger charge is 2.35. The minimum absolute atomic E-state index is 0.118. The molecule has 0 aromatic carbocycles. The standard InChI is InChI=1S/C14H19N3O2S2/c1-10(2)16-9-12(8-15-16)21(18,19)17-6-4-14-13(11(17)3)5-7-20-14/h5,7-11H,4,6H2,1-3H3/t11-/m1/s1. The van der Waals surface area contributed by atoms with E-state index in [1.807, 2.05) is 32.2 Å². The molecular formula is C14H19N3O2S2. The first-order chi connectivity index (χ1) is 9.91. The summed E-state index contributed by atoms with van der Waals surface area (Å²) in [7, 11) is -3.49. The van der Waals surface area contributed by atoms with Crippen LogP contribution < -0.4 is 0 Å². The van der Waals surface area contributed by atoms with Crippen molar-refractivity contribution in [2.45, 2.75) is 44.2 Å². The summed E-state index contributed by atoms with van der Waals surface area (Å²) < 4.78 is 28.9. The average molecular weight is 325 g/mol. The fourth-order valence-electron chi connectivity index (χ4n) is 2.69. The molecule has 1 aliphatic heterocycles. The van der Waals surface area contributed by atoms with Crippen molar-refractivity contribution >= 4 is 21.4 Å². The van der Waals surface area contributed by atoms with Gasteiger partial charge in [0, 0.05) is 29.7 Å². The lowest BCUT2D eigenvalue weighted by molar-refractivity contribution is 0.329. The number of aromatic nitrogens is 2. The summed E-state index contributed by atoms with van der Waals surface area (Å²) in [5.41, 5.74) is 1.13. The van der Waals surface area contributed by atoms with Gasteiger partial charge in [-0.05, 0) is 44.2 Å². The van der Waals surface area contributed by atoms with E-state index < -0.39 is 10.0 Å². The van der Waals surface area contributed by atoms with Gasteiger partial charge in [-0.1, -0.05) is 0 Å². The van der Waals surface area contributed by atoms with Crippen molar-refractivity contribution in [1.29, 1.82) is 0 Å². The predicted molar refractivity (Wildman–Crippen MR) is 82.9 cm³/mol. The molecule has 0 aliphatic carbocycles. The van der Waals surface area contributed by atoms with Crippen LogP contribution in [0.4, 0.5) is 0 Å². The van der Waals surface area contributed by atoms with E-state index in [9.17, 15) is 8.42 Å². The van der Waals surface area contributed by atoms with Gasteiger partial charge < -0.3 is 0 Å². The first-order valence-corrected chi connectivity index (χ1v) is 9.35. The van der Waals surface area contributed by atoms with Crippen molar-refractivity contribution in [2.75, 3.05) is 6.54 Å². The third-order valence-electron chi connectivity index (χ3n) is 3.93. The average Bonchev–Trinajstić information content (AvgIpc) is 3.08. The number of rotatable bonds is 3. The van der Waals surface area contributed by atoms with E-state index in [0.717, 1.165) is 12.0 Å². The maximum absolute atomic E-state index is 12.8. The van der Waals surface area contributed by atoms with Crippen molar-refractivity contribution in [2.24, 2.45) is 0 Å². The Balaban J connectivity index is 1.95. The Hall–Kier alpha value is -1.18. The van der Waals surface area contributed by atoms with E-state index in [1.54, 1.807) is 26.5 Å². The number of sulfonamides is 1. The normalized spacial score (nSPS) is 19.9. The molecule has 0 radical (unpaired) electrons. The number of nitrogens with zero attached hydrogens (tertiary/aromatic N) is 3. The predicted octanol–water partition coefficient (Wildman–Crippen LogP) is 2.83. The lowest BCUT2D eigenvalue weighted by Gasteiger charge is -2.32. The van der Waals surface area contributed by atoms with Crippen LogP contribution in [0.1, 0.15) is 43.3 Å². The van der Waals surface area contributed by atoms with Gasteiger partial charge in [0.25, 0.3) is 0 Å². The summed E-state index contributed by atoms with van der Waals surface area (Å²) >= 11 is 1.71. The molecule has 2 aromatic heterocycles. The first kappa shape index (κ1) is 14.7. The second-order valence-corrected chi connectivity index (χ2v) is 8.48. The molecular weight excluding hydrogens is 306 g/mol. The first-order valence-electron chi connectivity index (χ1n) is 7.03. The Kier molecular flexibility index (Phi) is 3.67. The maximum atomic E-state index is 12.8. The summed E-state index contributed by atoms with van der Waals surface area (Å²) in [6.07, 6.45) is 3.86. The molecule has 3 heterocycles. The van der Waals surface area contributed by atoms with Crippen LogP contribution in [0.2, 0.25) is 0 Å². The van der Waals surface area contributed by atoms with Crippen LogP contribution in [0.15, 0.2) is 28.7 Å². The van der Waals surface area contributed by atoms with Gasteiger partial charge in [0.1, 0.15) is 4.90 Å². The molecule has 114 valence electrons. The molecule has 0 bridgehead atoms.